The zero-order chi connectivity index (χ0) is 12.1. The quantitative estimate of drug-likeness (QED) is 0.615. The second-order valence-electron chi connectivity index (χ2n) is 4.27. The fourth-order valence-electron chi connectivity index (χ4n) is 1.51. The van der Waals surface area contributed by atoms with Gasteiger partial charge in [0.2, 0.25) is 0 Å². The number of aryl methyl sites for hydroxylation is 1. The summed E-state index contributed by atoms with van der Waals surface area (Å²) in [6.07, 6.45) is 1.11. The van der Waals surface area contributed by atoms with Gasteiger partial charge >= 0.3 is 0 Å². The van der Waals surface area contributed by atoms with Crippen molar-refractivity contribution >= 4 is 23.0 Å². The van der Waals surface area contributed by atoms with Gasteiger partial charge in [-0.25, -0.2) is 0 Å². The molecule has 0 aliphatic heterocycles. The molecule has 0 heterocycles. The highest BCUT2D eigenvalue weighted by Gasteiger charge is 2.02. The molecular weight excluding hydrogens is 222 g/mol. The summed E-state index contributed by atoms with van der Waals surface area (Å²) < 4.78 is 0. The van der Waals surface area contributed by atoms with Crippen LogP contribution >= 0.6 is 11.6 Å². The Labute approximate surface area is 103 Å². The third kappa shape index (κ3) is 3.91. The highest BCUT2D eigenvalue weighted by Crippen LogP contribution is 2.26. The standard InChI is InChI=1S/C12H20ClN3/c1-9-7-11(14)10(13)8-12(9)15-5-4-6-16(2)3/h7-8,15H,4-6,14H2,1-3H3. The minimum atomic E-state index is 0.612. The Morgan fingerprint density at radius 2 is 2.06 bits per heavy atom. The van der Waals surface area contributed by atoms with Crippen molar-refractivity contribution < 1.29 is 0 Å². The van der Waals surface area contributed by atoms with Crippen LogP contribution < -0.4 is 11.1 Å². The lowest BCUT2D eigenvalue weighted by Gasteiger charge is -2.13. The fraction of sp³-hybridized carbons (Fsp3) is 0.500. The molecule has 0 unspecified atom stereocenters. The summed E-state index contributed by atoms with van der Waals surface area (Å²) in [6.45, 7) is 4.05. The predicted molar refractivity (Wildman–Crippen MR) is 72.3 cm³/mol. The van der Waals surface area contributed by atoms with Crippen LogP contribution in [0.3, 0.4) is 0 Å². The molecule has 0 saturated heterocycles. The summed E-state index contributed by atoms with van der Waals surface area (Å²) in [6, 6.07) is 3.79. The van der Waals surface area contributed by atoms with Gasteiger partial charge in [0.1, 0.15) is 0 Å². The molecule has 0 saturated carbocycles. The van der Waals surface area contributed by atoms with Gasteiger partial charge in [0, 0.05) is 12.2 Å². The normalized spacial score (nSPS) is 10.8. The van der Waals surface area contributed by atoms with Crippen molar-refractivity contribution in [2.24, 2.45) is 0 Å². The molecule has 1 aromatic carbocycles. The molecule has 0 aliphatic rings. The summed E-state index contributed by atoms with van der Waals surface area (Å²) in [5.74, 6) is 0. The summed E-state index contributed by atoms with van der Waals surface area (Å²) in [7, 11) is 4.15. The molecule has 0 amide bonds. The smallest absolute Gasteiger partial charge is 0.0656 e. The van der Waals surface area contributed by atoms with Crippen LogP contribution in [-0.2, 0) is 0 Å². The Balaban J connectivity index is 2.51. The molecule has 0 aromatic heterocycles. The van der Waals surface area contributed by atoms with E-state index in [1.54, 1.807) is 0 Å². The van der Waals surface area contributed by atoms with E-state index in [9.17, 15) is 0 Å². The van der Waals surface area contributed by atoms with Gasteiger partial charge < -0.3 is 16.0 Å². The van der Waals surface area contributed by atoms with Crippen molar-refractivity contribution in [2.45, 2.75) is 13.3 Å². The molecule has 1 aromatic rings. The van der Waals surface area contributed by atoms with Crippen molar-refractivity contribution in [1.29, 1.82) is 0 Å². The molecule has 1 rings (SSSR count). The highest BCUT2D eigenvalue weighted by molar-refractivity contribution is 6.33. The molecule has 0 spiro atoms. The monoisotopic (exact) mass is 241 g/mol. The number of nitrogen functional groups attached to an aromatic ring is 1. The van der Waals surface area contributed by atoms with E-state index < -0.39 is 0 Å². The Morgan fingerprint density at radius 1 is 1.38 bits per heavy atom. The number of nitrogens with one attached hydrogen (secondary N) is 1. The Morgan fingerprint density at radius 3 is 2.69 bits per heavy atom. The van der Waals surface area contributed by atoms with Gasteiger partial charge in [0.15, 0.2) is 0 Å². The van der Waals surface area contributed by atoms with Gasteiger partial charge in [-0.05, 0) is 51.7 Å². The number of rotatable bonds is 5. The SMILES string of the molecule is Cc1cc(N)c(Cl)cc1NCCCN(C)C. The molecule has 3 N–H and O–H groups in total. The Bertz CT molecular complexity index is 350. The van der Waals surface area contributed by atoms with Gasteiger partial charge in [-0.3, -0.25) is 0 Å². The van der Waals surface area contributed by atoms with Crippen LogP contribution in [0.15, 0.2) is 12.1 Å². The lowest BCUT2D eigenvalue weighted by Crippen LogP contribution is -2.16. The molecule has 0 bridgehead atoms. The van der Waals surface area contributed by atoms with Gasteiger partial charge in [0.25, 0.3) is 0 Å². The second kappa shape index (κ2) is 5.97. The number of anilines is 2. The minimum Gasteiger partial charge on any atom is -0.398 e. The molecule has 4 heteroatoms. The molecule has 90 valence electrons. The van der Waals surface area contributed by atoms with Gasteiger partial charge in [-0.1, -0.05) is 11.6 Å². The first-order chi connectivity index (χ1) is 7.50. The largest absolute Gasteiger partial charge is 0.398 e. The van der Waals surface area contributed by atoms with Gasteiger partial charge in [0.05, 0.1) is 10.7 Å². The van der Waals surface area contributed by atoms with Crippen LogP contribution in [-0.4, -0.2) is 32.1 Å². The highest BCUT2D eigenvalue weighted by atomic mass is 35.5. The number of benzene rings is 1. The number of hydrogen-bond acceptors (Lipinski definition) is 3. The van der Waals surface area contributed by atoms with E-state index >= 15 is 0 Å². The van der Waals surface area contributed by atoms with E-state index in [1.165, 1.54) is 0 Å². The van der Waals surface area contributed by atoms with Gasteiger partial charge in [-0.2, -0.15) is 0 Å². The maximum atomic E-state index is 5.98. The van der Waals surface area contributed by atoms with Crippen molar-refractivity contribution in [3.8, 4) is 0 Å². The van der Waals surface area contributed by atoms with Crippen LogP contribution in [0.1, 0.15) is 12.0 Å². The molecular formula is C12H20ClN3. The molecule has 0 atom stereocenters. The second-order valence-corrected chi connectivity index (χ2v) is 4.68. The van der Waals surface area contributed by atoms with Crippen LogP contribution in [0.2, 0.25) is 5.02 Å². The molecule has 0 fully saturated rings. The van der Waals surface area contributed by atoms with E-state index in [-0.39, 0.29) is 0 Å². The van der Waals surface area contributed by atoms with Crippen LogP contribution in [0.25, 0.3) is 0 Å². The third-order valence-corrected chi connectivity index (χ3v) is 2.77. The van der Waals surface area contributed by atoms with Crippen LogP contribution in [0.5, 0.6) is 0 Å². The van der Waals surface area contributed by atoms with Crippen molar-refractivity contribution in [3.05, 3.63) is 22.7 Å². The number of hydrogen-bond donors (Lipinski definition) is 2. The first-order valence-corrected chi connectivity index (χ1v) is 5.82. The van der Waals surface area contributed by atoms with Gasteiger partial charge in [-0.15, -0.1) is 0 Å². The van der Waals surface area contributed by atoms with Crippen molar-refractivity contribution in [2.75, 3.05) is 38.2 Å². The maximum absolute atomic E-state index is 5.98. The van der Waals surface area contributed by atoms with Crippen LogP contribution in [0.4, 0.5) is 11.4 Å². The Hall–Kier alpha value is -0.930. The third-order valence-electron chi connectivity index (χ3n) is 2.44. The lowest BCUT2D eigenvalue weighted by atomic mass is 10.1. The van der Waals surface area contributed by atoms with E-state index in [2.05, 4.69) is 24.3 Å². The average molecular weight is 242 g/mol. The molecule has 3 nitrogen and oxygen atoms in total. The first-order valence-electron chi connectivity index (χ1n) is 5.45. The van der Waals surface area contributed by atoms with E-state index in [0.29, 0.717) is 10.7 Å². The molecule has 16 heavy (non-hydrogen) atoms. The zero-order valence-corrected chi connectivity index (χ0v) is 10.9. The molecule has 0 aliphatic carbocycles. The zero-order valence-electron chi connectivity index (χ0n) is 10.2. The summed E-state index contributed by atoms with van der Waals surface area (Å²) in [4.78, 5) is 2.17. The fourth-order valence-corrected chi connectivity index (χ4v) is 1.68. The maximum Gasteiger partial charge on any atom is 0.0656 e. The summed E-state index contributed by atoms with van der Waals surface area (Å²) in [5.41, 5.74) is 8.55. The van der Waals surface area contributed by atoms with E-state index in [1.807, 2.05) is 19.1 Å². The van der Waals surface area contributed by atoms with Crippen molar-refractivity contribution in [3.63, 3.8) is 0 Å². The number of nitrogens with two attached hydrogens (primary N) is 1. The Kier molecular flexibility index (Phi) is 4.90. The summed E-state index contributed by atoms with van der Waals surface area (Å²) in [5, 5.41) is 3.98. The predicted octanol–water partition coefficient (Wildman–Crippen LogP) is 2.59. The number of nitrogens with zero attached hydrogens (tertiary/aromatic N) is 1. The van der Waals surface area contributed by atoms with E-state index in [4.69, 9.17) is 17.3 Å². The topological polar surface area (TPSA) is 41.3 Å². The van der Waals surface area contributed by atoms with Crippen LogP contribution in [0, 0.1) is 6.92 Å². The minimum absolute atomic E-state index is 0.612. The lowest BCUT2D eigenvalue weighted by molar-refractivity contribution is 0.405. The molecule has 0 radical (unpaired) electrons. The van der Waals surface area contributed by atoms with E-state index in [0.717, 1.165) is 30.8 Å². The number of halogens is 1. The first kappa shape index (κ1) is 13.1. The average Bonchev–Trinajstić information content (AvgIpc) is 2.19. The summed E-state index contributed by atoms with van der Waals surface area (Å²) >= 11 is 5.98. The van der Waals surface area contributed by atoms with Crippen molar-refractivity contribution in [1.82, 2.24) is 4.90 Å².